The largest absolute Gasteiger partial charge is 1.00 e. The van der Waals surface area contributed by atoms with Crippen LogP contribution in [-0.4, -0.2) is 13.5 Å². The molecule has 0 unspecified atom stereocenters. The fourth-order valence-corrected chi connectivity index (χ4v) is 1.92. The van der Waals surface area contributed by atoms with Crippen molar-refractivity contribution in [3.8, 4) is 6.07 Å². The van der Waals surface area contributed by atoms with E-state index in [9.17, 15) is 13.6 Å². The molecule has 0 bridgehead atoms. The van der Waals surface area contributed by atoms with E-state index in [-0.39, 0.29) is 34.5 Å². The van der Waals surface area contributed by atoms with Gasteiger partial charge in [-0.1, -0.05) is 11.6 Å². The van der Waals surface area contributed by atoms with Gasteiger partial charge in [-0.25, -0.2) is 8.42 Å². The van der Waals surface area contributed by atoms with Gasteiger partial charge in [-0.15, -0.1) is 0 Å². The molecule has 0 spiro atoms. The van der Waals surface area contributed by atoms with Crippen LogP contribution < -0.4 is 29.6 Å². The second kappa shape index (κ2) is 6.23. The monoisotopic (exact) mass is 266 g/mol. The van der Waals surface area contributed by atoms with Crippen molar-refractivity contribution in [2.75, 3.05) is 0 Å². The Hall–Kier alpha value is -0.580. The Morgan fingerprint density at radius 3 is 2.25 bits per heavy atom. The molecule has 0 atom stereocenters. The van der Waals surface area contributed by atoms with Crippen LogP contribution >= 0.6 is 11.6 Å². The molecular formula is C8H4ClN2NaO3S. The van der Waals surface area contributed by atoms with Gasteiger partial charge < -0.3 is 5.21 Å². The van der Waals surface area contributed by atoms with Crippen molar-refractivity contribution in [1.82, 2.24) is 0 Å². The normalized spacial score (nSPS) is 11.4. The van der Waals surface area contributed by atoms with E-state index in [0.29, 0.717) is 5.02 Å². The van der Waals surface area contributed by atoms with Crippen molar-refractivity contribution in [3.63, 3.8) is 0 Å². The van der Waals surface area contributed by atoms with Gasteiger partial charge in [0.05, 0.1) is 4.90 Å². The first-order valence-corrected chi connectivity index (χ1v) is 5.49. The second-order valence-corrected chi connectivity index (χ2v) is 4.77. The molecule has 0 aliphatic carbocycles. The number of rotatable bonds is 1. The Labute approximate surface area is 120 Å². The van der Waals surface area contributed by atoms with Crippen LogP contribution in [-0.2, 0) is 9.84 Å². The molecule has 5 nitrogen and oxygen atoms in total. The Morgan fingerprint density at radius 2 is 1.88 bits per heavy atom. The Kier molecular flexibility index (Phi) is 6.00. The number of sulfone groups is 1. The number of hydrogen-bond donors (Lipinski definition) is 0. The molecule has 0 N–H and O–H groups in total. The van der Waals surface area contributed by atoms with Crippen LogP contribution in [0.5, 0.6) is 0 Å². The topological polar surface area (TPSA) is 93.3 Å². The third-order valence-electron chi connectivity index (χ3n) is 1.56. The first-order chi connectivity index (χ1) is 7.02. The van der Waals surface area contributed by atoms with E-state index in [4.69, 9.17) is 16.9 Å². The van der Waals surface area contributed by atoms with Crippen LogP contribution in [0.4, 0.5) is 0 Å². The zero-order valence-electron chi connectivity index (χ0n) is 8.21. The molecule has 16 heavy (non-hydrogen) atoms. The summed E-state index contributed by atoms with van der Waals surface area (Å²) in [6.07, 6.45) is 0. The standard InChI is InChI=1S/C8H5ClN2O3S.Na/c9-6-1-3-7(4-2-6)15(13,14)8(5-10)11-12;/h1-4,12H;/q;+1/p-1/b11-8-;. The summed E-state index contributed by atoms with van der Waals surface area (Å²) in [5.41, 5.74) is 0. The Balaban J connectivity index is 0.00000225. The van der Waals surface area contributed by atoms with Gasteiger partial charge in [0.2, 0.25) is 14.9 Å². The fourth-order valence-electron chi connectivity index (χ4n) is 0.855. The molecule has 0 fully saturated rings. The van der Waals surface area contributed by atoms with Crippen molar-refractivity contribution in [3.05, 3.63) is 34.5 Å². The molecule has 1 aromatic carbocycles. The number of hydrogen-bond acceptors (Lipinski definition) is 5. The van der Waals surface area contributed by atoms with Crippen molar-refractivity contribution in [1.29, 1.82) is 5.26 Å². The fraction of sp³-hybridized carbons (Fsp3) is 0. The zero-order chi connectivity index (χ0) is 11.5. The molecule has 0 aliphatic rings. The van der Waals surface area contributed by atoms with Crippen molar-refractivity contribution >= 4 is 26.5 Å². The van der Waals surface area contributed by atoms with Crippen LogP contribution in [0.15, 0.2) is 34.3 Å². The van der Waals surface area contributed by atoms with Gasteiger partial charge in [-0.05, 0) is 24.3 Å². The van der Waals surface area contributed by atoms with Gasteiger partial charge in [0, 0.05) is 5.02 Å². The van der Waals surface area contributed by atoms with E-state index < -0.39 is 14.9 Å². The molecule has 8 heteroatoms. The maximum absolute atomic E-state index is 11.5. The van der Waals surface area contributed by atoms with E-state index in [1.807, 2.05) is 0 Å². The van der Waals surface area contributed by atoms with Crippen LogP contribution in [0.25, 0.3) is 0 Å². The van der Waals surface area contributed by atoms with E-state index in [0.717, 1.165) is 0 Å². The van der Waals surface area contributed by atoms with Gasteiger partial charge in [0.25, 0.3) is 0 Å². The van der Waals surface area contributed by atoms with Crippen LogP contribution in [0, 0.1) is 16.5 Å². The van der Waals surface area contributed by atoms with Crippen molar-refractivity contribution < 1.29 is 38.0 Å². The van der Waals surface area contributed by atoms with Gasteiger partial charge in [0.1, 0.15) is 6.07 Å². The van der Waals surface area contributed by atoms with Gasteiger partial charge in [-0.2, -0.15) is 5.26 Å². The maximum Gasteiger partial charge on any atom is 1.00 e. The summed E-state index contributed by atoms with van der Waals surface area (Å²) < 4.78 is 23.0. The summed E-state index contributed by atoms with van der Waals surface area (Å²) in [6, 6.07) is 6.29. The molecular weight excluding hydrogens is 263 g/mol. The summed E-state index contributed by atoms with van der Waals surface area (Å²) in [7, 11) is -4.10. The third kappa shape index (κ3) is 3.20. The molecule has 0 amide bonds. The predicted molar refractivity (Wildman–Crippen MR) is 55.1 cm³/mol. The molecule has 0 heterocycles. The summed E-state index contributed by atoms with van der Waals surface area (Å²) in [5.74, 6) is 0. The summed E-state index contributed by atoms with van der Waals surface area (Å²) in [4.78, 5) is -0.192. The Bertz CT molecular complexity index is 533. The molecule has 0 saturated carbocycles. The molecule has 0 saturated heterocycles. The van der Waals surface area contributed by atoms with E-state index in [1.165, 1.54) is 30.3 Å². The molecule has 0 aromatic heterocycles. The van der Waals surface area contributed by atoms with Crippen LogP contribution in [0.3, 0.4) is 0 Å². The minimum atomic E-state index is -4.10. The van der Waals surface area contributed by atoms with Gasteiger partial charge in [-0.3, -0.25) is 5.16 Å². The predicted octanol–water partition coefficient (Wildman–Crippen LogP) is -1.46. The SMILES string of the molecule is N#C/C(=N/[O-])S(=O)(=O)c1ccc(Cl)cc1.[Na+]. The number of nitrogens with zero attached hydrogens (tertiary/aromatic N) is 2. The molecule has 1 aromatic rings. The minimum Gasteiger partial charge on any atom is -0.790 e. The molecule has 1 rings (SSSR count). The number of benzene rings is 1. The Morgan fingerprint density at radius 1 is 1.38 bits per heavy atom. The maximum atomic E-state index is 11.5. The number of nitriles is 1. The van der Waals surface area contributed by atoms with Gasteiger partial charge >= 0.3 is 29.6 Å². The summed E-state index contributed by atoms with van der Waals surface area (Å²) >= 11 is 5.56. The molecule has 0 aliphatic heterocycles. The first kappa shape index (κ1) is 15.4. The first-order valence-electron chi connectivity index (χ1n) is 3.63. The summed E-state index contributed by atoms with van der Waals surface area (Å²) in [5, 5.41) is 19.9. The smallest absolute Gasteiger partial charge is 0.790 e. The van der Waals surface area contributed by atoms with E-state index in [1.54, 1.807) is 0 Å². The molecule has 78 valence electrons. The second-order valence-electron chi connectivity index (χ2n) is 2.47. The van der Waals surface area contributed by atoms with Crippen molar-refractivity contribution in [2.24, 2.45) is 5.16 Å². The molecule has 0 radical (unpaired) electrons. The third-order valence-corrected chi connectivity index (χ3v) is 3.38. The average molecular weight is 267 g/mol. The van der Waals surface area contributed by atoms with Crippen molar-refractivity contribution in [2.45, 2.75) is 4.90 Å². The number of halogens is 1. The van der Waals surface area contributed by atoms with E-state index >= 15 is 0 Å². The zero-order valence-corrected chi connectivity index (χ0v) is 11.8. The van der Waals surface area contributed by atoms with Crippen LogP contribution in [0.1, 0.15) is 0 Å². The van der Waals surface area contributed by atoms with Crippen LogP contribution in [0.2, 0.25) is 5.02 Å². The summed E-state index contributed by atoms with van der Waals surface area (Å²) in [6.45, 7) is 0. The van der Waals surface area contributed by atoms with Gasteiger partial charge in [0.15, 0.2) is 0 Å². The quantitative estimate of drug-likeness (QED) is 0.269. The minimum absolute atomic E-state index is 0. The average Bonchev–Trinajstić information content (AvgIpc) is 2.19. The van der Waals surface area contributed by atoms with E-state index in [2.05, 4.69) is 5.16 Å².